The second kappa shape index (κ2) is 7.24. The molecular weight excluding hydrogens is 261 g/mol. The highest BCUT2D eigenvalue weighted by Crippen LogP contribution is 2.16. The standard InChI is InChI=1S/C15H22FNO3/c1-4-15(3,8-9-18)17-14(19)11(2)20-13-7-5-6-12(16)10-13/h5-7,10-11,18H,4,8-9H2,1-3H3,(H,17,19). The van der Waals surface area contributed by atoms with Crippen LogP contribution in [-0.2, 0) is 4.79 Å². The van der Waals surface area contributed by atoms with Gasteiger partial charge < -0.3 is 15.2 Å². The summed E-state index contributed by atoms with van der Waals surface area (Å²) in [5, 5.41) is 11.9. The summed E-state index contributed by atoms with van der Waals surface area (Å²) >= 11 is 0. The normalized spacial score (nSPS) is 15.2. The number of rotatable bonds is 7. The van der Waals surface area contributed by atoms with E-state index in [4.69, 9.17) is 9.84 Å². The molecule has 2 unspecified atom stereocenters. The van der Waals surface area contributed by atoms with Crippen LogP contribution in [-0.4, -0.2) is 29.3 Å². The number of aliphatic hydroxyl groups excluding tert-OH is 1. The Balaban J connectivity index is 2.63. The Morgan fingerprint density at radius 1 is 1.55 bits per heavy atom. The Labute approximate surface area is 119 Å². The van der Waals surface area contributed by atoms with E-state index < -0.39 is 17.5 Å². The molecule has 4 nitrogen and oxygen atoms in total. The minimum absolute atomic E-state index is 0.00372. The molecule has 20 heavy (non-hydrogen) atoms. The van der Waals surface area contributed by atoms with Crippen molar-refractivity contribution in [3.8, 4) is 5.75 Å². The van der Waals surface area contributed by atoms with E-state index >= 15 is 0 Å². The van der Waals surface area contributed by atoms with E-state index in [9.17, 15) is 9.18 Å². The molecule has 0 heterocycles. The average Bonchev–Trinajstić information content (AvgIpc) is 2.38. The Morgan fingerprint density at radius 2 is 2.25 bits per heavy atom. The van der Waals surface area contributed by atoms with Crippen LogP contribution in [0.1, 0.15) is 33.6 Å². The molecule has 1 amide bonds. The van der Waals surface area contributed by atoms with Crippen LogP contribution in [0, 0.1) is 5.82 Å². The molecule has 1 rings (SSSR count). The fourth-order valence-electron chi connectivity index (χ4n) is 1.77. The van der Waals surface area contributed by atoms with Crippen LogP contribution in [0.4, 0.5) is 4.39 Å². The summed E-state index contributed by atoms with van der Waals surface area (Å²) in [6.07, 6.45) is 0.440. The highest BCUT2D eigenvalue weighted by Gasteiger charge is 2.26. The third-order valence-corrected chi connectivity index (χ3v) is 3.35. The molecule has 0 aliphatic rings. The lowest BCUT2D eigenvalue weighted by molar-refractivity contribution is -0.129. The van der Waals surface area contributed by atoms with Crippen LogP contribution < -0.4 is 10.1 Å². The quantitative estimate of drug-likeness (QED) is 0.807. The number of halogens is 1. The SMILES string of the molecule is CCC(C)(CCO)NC(=O)C(C)Oc1cccc(F)c1. The number of ether oxygens (including phenoxy) is 1. The molecule has 112 valence electrons. The zero-order valence-corrected chi connectivity index (χ0v) is 12.1. The van der Waals surface area contributed by atoms with Crippen LogP contribution in [0.25, 0.3) is 0 Å². The molecule has 0 aromatic heterocycles. The maximum Gasteiger partial charge on any atom is 0.261 e. The van der Waals surface area contributed by atoms with E-state index in [-0.39, 0.29) is 12.5 Å². The first kappa shape index (κ1) is 16.4. The lowest BCUT2D eigenvalue weighted by Crippen LogP contribution is -2.50. The van der Waals surface area contributed by atoms with Gasteiger partial charge in [-0.25, -0.2) is 4.39 Å². The Hall–Kier alpha value is -1.62. The molecule has 0 spiro atoms. The average molecular weight is 283 g/mol. The summed E-state index contributed by atoms with van der Waals surface area (Å²) in [7, 11) is 0. The third kappa shape index (κ3) is 4.81. The predicted molar refractivity (Wildman–Crippen MR) is 75.0 cm³/mol. The van der Waals surface area contributed by atoms with E-state index in [1.54, 1.807) is 13.0 Å². The number of benzene rings is 1. The highest BCUT2D eigenvalue weighted by molar-refractivity contribution is 5.81. The summed E-state index contributed by atoms with van der Waals surface area (Å²) < 4.78 is 18.4. The third-order valence-electron chi connectivity index (χ3n) is 3.35. The van der Waals surface area contributed by atoms with Crippen LogP contribution in [0.5, 0.6) is 5.75 Å². The Kier molecular flexibility index (Phi) is 5.95. The monoisotopic (exact) mass is 283 g/mol. The topological polar surface area (TPSA) is 58.6 Å². The Morgan fingerprint density at radius 3 is 2.80 bits per heavy atom. The lowest BCUT2D eigenvalue weighted by Gasteiger charge is -2.30. The van der Waals surface area contributed by atoms with E-state index in [2.05, 4.69) is 5.32 Å². The van der Waals surface area contributed by atoms with Gasteiger partial charge in [-0.1, -0.05) is 13.0 Å². The van der Waals surface area contributed by atoms with Gasteiger partial charge in [0, 0.05) is 18.2 Å². The Bertz CT molecular complexity index is 452. The molecule has 0 saturated carbocycles. The highest BCUT2D eigenvalue weighted by atomic mass is 19.1. The van der Waals surface area contributed by atoms with Gasteiger partial charge in [0.05, 0.1) is 0 Å². The summed E-state index contributed by atoms with van der Waals surface area (Å²) in [5.41, 5.74) is -0.467. The molecule has 0 saturated heterocycles. The molecule has 2 atom stereocenters. The van der Waals surface area contributed by atoms with Gasteiger partial charge in [-0.05, 0) is 38.8 Å². The van der Waals surface area contributed by atoms with Gasteiger partial charge >= 0.3 is 0 Å². The van der Waals surface area contributed by atoms with Gasteiger partial charge in [0.1, 0.15) is 11.6 Å². The number of carbonyl (C=O) groups excluding carboxylic acids is 1. The predicted octanol–water partition coefficient (Wildman–Crippen LogP) is 2.26. The van der Waals surface area contributed by atoms with Gasteiger partial charge in [0.2, 0.25) is 0 Å². The van der Waals surface area contributed by atoms with E-state index in [0.29, 0.717) is 18.6 Å². The van der Waals surface area contributed by atoms with Crippen LogP contribution in [0.2, 0.25) is 0 Å². The van der Waals surface area contributed by atoms with Crippen molar-refractivity contribution in [1.82, 2.24) is 5.32 Å². The van der Waals surface area contributed by atoms with Crippen LogP contribution >= 0.6 is 0 Å². The van der Waals surface area contributed by atoms with Crippen molar-refractivity contribution in [2.45, 2.75) is 45.3 Å². The fraction of sp³-hybridized carbons (Fsp3) is 0.533. The number of hydrogen-bond acceptors (Lipinski definition) is 3. The van der Waals surface area contributed by atoms with Gasteiger partial charge in [0.25, 0.3) is 5.91 Å². The van der Waals surface area contributed by atoms with Crippen LogP contribution in [0.3, 0.4) is 0 Å². The summed E-state index contributed by atoms with van der Waals surface area (Å²) in [6.45, 7) is 5.42. The van der Waals surface area contributed by atoms with E-state index in [0.717, 1.165) is 0 Å². The lowest BCUT2D eigenvalue weighted by atomic mass is 9.94. The van der Waals surface area contributed by atoms with Gasteiger partial charge in [0.15, 0.2) is 6.10 Å². The smallest absolute Gasteiger partial charge is 0.261 e. The van der Waals surface area contributed by atoms with Gasteiger partial charge in [-0.3, -0.25) is 4.79 Å². The molecule has 0 aliphatic carbocycles. The van der Waals surface area contributed by atoms with Crippen molar-refractivity contribution in [2.24, 2.45) is 0 Å². The molecule has 1 aromatic rings. The number of aliphatic hydroxyl groups is 1. The summed E-state index contributed by atoms with van der Waals surface area (Å²) in [6, 6.07) is 5.67. The second-order valence-electron chi connectivity index (χ2n) is 5.09. The first-order valence-electron chi connectivity index (χ1n) is 6.75. The van der Waals surface area contributed by atoms with Gasteiger partial charge in [-0.2, -0.15) is 0 Å². The summed E-state index contributed by atoms with van der Waals surface area (Å²) in [5.74, 6) is -0.381. The first-order chi connectivity index (χ1) is 9.40. The first-order valence-corrected chi connectivity index (χ1v) is 6.75. The molecule has 0 bridgehead atoms. The number of nitrogens with one attached hydrogen (secondary N) is 1. The summed E-state index contributed by atoms with van der Waals surface area (Å²) in [4.78, 5) is 12.1. The van der Waals surface area contributed by atoms with Crippen molar-refractivity contribution < 1.29 is 19.0 Å². The fourth-order valence-corrected chi connectivity index (χ4v) is 1.77. The zero-order chi connectivity index (χ0) is 15.2. The van der Waals surface area contributed by atoms with Crippen molar-refractivity contribution in [2.75, 3.05) is 6.61 Å². The van der Waals surface area contributed by atoms with Crippen molar-refractivity contribution in [3.05, 3.63) is 30.1 Å². The van der Waals surface area contributed by atoms with Crippen molar-refractivity contribution >= 4 is 5.91 Å². The zero-order valence-electron chi connectivity index (χ0n) is 12.1. The van der Waals surface area contributed by atoms with Crippen molar-refractivity contribution in [3.63, 3.8) is 0 Å². The number of amides is 1. The molecule has 0 fully saturated rings. The molecule has 0 aliphatic heterocycles. The molecule has 1 aromatic carbocycles. The van der Waals surface area contributed by atoms with E-state index in [1.807, 2.05) is 13.8 Å². The maximum atomic E-state index is 13.0. The maximum absolute atomic E-state index is 13.0. The number of hydrogen-bond donors (Lipinski definition) is 2. The van der Waals surface area contributed by atoms with E-state index in [1.165, 1.54) is 18.2 Å². The van der Waals surface area contributed by atoms with Crippen LogP contribution in [0.15, 0.2) is 24.3 Å². The second-order valence-corrected chi connectivity index (χ2v) is 5.09. The largest absolute Gasteiger partial charge is 0.481 e. The minimum Gasteiger partial charge on any atom is -0.481 e. The molecular formula is C15H22FNO3. The number of carbonyl (C=O) groups is 1. The molecule has 0 radical (unpaired) electrons. The van der Waals surface area contributed by atoms with Gasteiger partial charge in [-0.15, -0.1) is 0 Å². The molecule has 2 N–H and O–H groups in total. The van der Waals surface area contributed by atoms with Crippen molar-refractivity contribution in [1.29, 1.82) is 0 Å². The minimum atomic E-state index is -0.735. The molecule has 5 heteroatoms.